The Kier molecular flexibility index (Phi) is 3.61. The fourth-order valence-electron chi connectivity index (χ4n) is 3.81. The maximum absolute atomic E-state index is 11.6. The van der Waals surface area contributed by atoms with Crippen LogP contribution in [-0.4, -0.2) is 54.1 Å². The summed E-state index contributed by atoms with van der Waals surface area (Å²) in [6, 6.07) is 3.32. The first-order valence-corrected chi connectivity index (χ1v) is 7.47. The molecule has 3 aliphatic rings. The van der Waals surface area contributed by atoms with Gasteiger partial charge < -0.3 is 10.2 Å². The van der Waals surface area contributed by atoms with Gasteiger partial charge in [0.05, 0.1) is 18.0 Å². The van der Waals surface area contributed by atoms with Gasteiger partial charge in [0.2, 0.25) is 0 Å². The number of piperazine rings is 1. The van der Waals surface area contributed by atoms with Crippen LogP contribution in [0.15, 0.2) is 0 Å². The molecule has 1 saturated carbocycles. The number of carbonyl (C=O) groups excluding carboxylic acids is 1. The molecule has 0 spiro atoms. The first kappa shape index (κ1) is 12.7. The summed E-state index contributed by atoms with van der Waals surface area (Å²) >= 11 is 0. The fourth-order valence-corrected chi connectivity index (χ4v) is 3.81. The number of urea groups is 1. The molecular weight excluding hydrogens is 240 g/mol. The number of fused-ring (bicyclic) bond motifs is 1. The quantitative estimate of drug-likeness (QED) is 0.722. The third-order valence-electron chi connectivity index (χ3n) is 4.88. The van der Waals surface area contributed by atoms with E-state index in [1.165, 1.54) is 19.3 Å². The number of amides is 2. The number of carbonyl (C=O) groups is 1. The SMILES string of the molecule is N#CC1CCCCCC1N1CCN2C(=O)NCC2C1. The Hall–Kier alpha value is -1.28. The zero-order valence-electron chi connectivity index (χ0n) is 11.3. The maximum atomic E-state index is 11.6. The number of hydrogen-bond acceptors (Lipinski definition) is 3. The molecule has 3 unspecified atom stereocenters. The van der Waals surface area contributed by atoms with Crippen LogP contribution in [0.5, 0.6) is 0 Å². The molecule has 2 heterocycles. The minimum absolute atomic E-state index is 0.0855. The molecule has 0 radical (unpaired) electrons. The van der Waals surface area contributed by atoms with Crippen LogP contribution in [0.2, 0.25) is 0 Å². The third-order valence-corrected chi connectivity index (χ3v) is 4.88. The van der Waals surface area contributed by atoms with Gasteiger partial charge in [0, 0.05) is 32.2 Å². The van der Waals surface area contributed by atoms with Crippen molar-refractivity contribution in [1.82, 2.24) is 15.1 Å². The summed E-state index contributed by atoms with van der Waals surface area (Å²) in [5, 5.41) is 12.3. The van der Waals surface area contributed by atoms with Crippen molar-refractivity contribution in [2.24, 2.45) is 5.92 Å². The monoisotopic (exact) mass is 262 g/mol. The van der Waals surface area contributed by atoms with Crippen LogP contribution in [0.1, 0.15) is 32.1 Å². The van der Waals surface area contributed by atoms with Gasteiger partial charge in [-0.2, -0.15) is 5.26 Å². The van der Waals surface area contributed by atoms with E-state index in [2.05, 4.69) is 16.3 Å². The summed E-state index contributed by atoms with van der Waals surface area (Å²) in [6.07, 6.45) is 5.89. The maximum Gasteiger partial charge on any atom is 0.317 e. The average Bonchev–Trinajstić information content (AvgIpc) is 2.66. The molecule has 3 fully saturated rings. The molecule has 1 N–H and O–H groups in total. The number of rotatable bonds is 1. The Bertz CT molecular complexity index is 391. The van der Waals surface area contributed by atoms with Crippen molar-refractivity contribution in [3.05, 3.63) is 0 Å². The Balaban J connectivity index is 1.68. The number of hydrogen-bond donors (Lipinski definition) is 1. The van der Waals surface area contributed by atoms with Crippen LogP contribution < -0.4 is 5.32 Å². The molecule has 2 amide bonds. The molecule has 0 aromatic heterocycles. The first-order valence-electron chi connectivity index (χ1n) is 7.47. The molecule has 0 bridgehead atoms. The normalized spacial score (nSPS) is 36.3. The lowest BCUT2D eigenvalue weighted by molar-refractivity contribution is 0.0697. The molecule has 19 heavy (non-hydrogen) atoms. The van der Waals surface area contributed by atoms with Crippen molar-refractivity contribution in [3.63, 3.8) is 0 Å². The van der Waals surface area contributed by atoms with Crippen molar-refractivity contribution in [2.75, 3.05) is 26.2 Å². The zero-order valence-corrected chi connectivity index (χ0v) is 11.3. The van der Waals surface area contributed by atoms with E-state index in [4.69, 9.17) is 0 Å². The lowest BCUT2D eigenvalue weighted by Crippen LogP contribution is -2.56. The van der Waals surface area contributed by atoms with Gasteiger partial charge in [-0.3, -0.25) is 4.90 Å². The molecule has 104 valence electrons. The van der Waals surface area contributed by atoms with Gasteiger partial charge >= 0.3 is 6.03 Å². The molecule has 5 heteroatoms. The fraction of sp³-hybridized carbons (Fsp3) is 0.857. The molecule has 2 saturated heterocycles. The van der Waals surface area contributed by atoms with Crippen molar-refractivity contribution in [3.8, 4) is 6.07 Å². The number of nitrogens with zero attached hydrogens (tertiary/aromatic N) is 3. The Morgan fingerprint density at radius 3 is 2.89 bits per heavy atom. The van der Waals surface area contributed by atoms with E-state index in [1.807, 2.05) is 4.90 Å². The zero-order chi connectivity index (χ0) is 13.2. The van der Waals surface area contributed by atoms with Crippen LogP contribution in [0, 0.1) is 17.2 Å². The predicted octanol–water partition coefficient (Wildman–Crippen LogP) is 1.17. The van der Waals surface area contributed by atoms with Gasteiger partial charge in [0.1, 0.15) is 0 Å². The second-order valence-corrected chi connectivity index (χ2v) is 5.97. The van der Waals surface area contributed by atoms with Gasteiger partial charge in [-0.25, -0.2) is 4.79 Å². The second-order valence-electron chi connectivity index (χ2n) is 5.97. The van der Waals surface area contributed by atoms with Gasteiger partial charge in [-0.15, -0.1) is 0 Å². The molecule has 0 aromatic carbocycles. The minimum atomic E-state index is 0.0855. The van der Waals surface area contributed by atoms with Gasteiger partial charge in [-0.05, 0) is 12.8 Å². The molecule has 5 nitrogen and oxygen atoms in total. The number of nitrogens with one attached hydrogen (secondary N) is 1. The lowest BCUT2D eigenvalue weighted by Gasteiger charge is -2.41. The highest BCUT2D eigenvalue weighted by Crippen LogP contribution is 2.29. The van der Waals surface area contributed by atoms with Gasteiger partial charge in [-0.1, -0.05) is 19.3 Å². The predicted molar refractivity (Wildman–Crippen MR) is 71.4 cm³/mol. The van der Waals surface area contributed by atoms with Crippen LogP contribution >= 0.6 is 0 Å². The summed E-state index contributed by atoms with van der Waals surface area (Å²) in [4.78, 5) is 16.0. The molecule has 0 aromatic rings. The standard InChI is InChI=1S/C14H22N4O/c15-8-11-4-2-1-3-5-13(11)17-6-7-18-12(10-17)9-16-14(18)19/h11-13H,1-7,9-10H2,(H,16,19). The van der Waals surface area contributed by atoms with Crippen LogP contribution in [0.25, 0.3) is 0 Å². The summed E-state index contributed by atoms with van der Waals surface area (Å²) < 4.78 is 0. The van der Waals surface area contributed by atoms with E-state index in [0.29, 0.717) is 12.1 Å². The minimum Gasteiger partial charge on any atom is -0.336 e. The van der Waals surface area contributed by atoms with Crippen molar-refractivity contribution >= 4 is 6.03 Å². The molecule has 2 aliphatic heterocycles. The first-order chi connectivity index (χ1) is 9.29. The summed E-state index contributed by atoms with van der Waals surface area (Å²) in [7, 11) is 0. The van der Waals surface area contributed by atoms with Crippen molar-refractivity contribution in [1.29, 1.82) is 5.26 Å². The highest BCUT2D eigenvalue weighted by molar-refractivity contribution is 5.77. The lowest BCUT2D eigenvalue weighted by atomic mass is 9.93. The molecular formula is C14H22N4O. The van der Waals surface area contributed by atoms with E-state index in [9.17, 15) is 10.1 Å². The van der Waals surface area contributed by atoms with E-state index in [1.54, 1.807) is 0 Å². The van der Waals surface area contributed by atoms with E-state index < -0.39 is 0 Å². The highest BCUT2D eigenvalue weighted by Gasteiger charge is 2.39. The Morgan fingerprint density at radius 2 is 2.05 bits per heavy atom. The Labute approximate surface area is 114 Å². The summed E-state index contributed by atoms with van der Waals surface area (Å²) in [5.74, 6) is 0.180. The van der Waals surface area contributed by atoms with Gasteiger partial charge in [0.15, 0.2) is 0 Å². The number of nitriles is 1. The largest absolute Gasteiger partial charge is 0.336 e. The summed E-state index contributed by atoms with van der Waals surface area (Å²) in [5.41, 5.74) is 0. The molecule has 3 atom stereocenters. The smallest absolute Gasteiger partial charge is 0.317 e. The Morgan fingerprint density at radius 1 is 1.21 bits per heavy atom. The van der Waals surface area contributed by atoms with Crippen LogP contribution in [-0.2, 0) is 0 Å². The highest BCUT2D eigenvalue weighted by atomic mass is 16.2. The van der Waals surface area contributed by atoms with Gasteiger partial charge in [0.25, 0.3) is 0 Å². The van der Waals surface area contributed by atoms with Crippen LogP contribution in [0.3, 0.4) is 0 Å². The van der Waals surface area contributed by atoms with E-state index >= 15 is 0 Å². The average molecular weight is 262 g/mol. The van der Waals surface area contributed by atoms with E-state index in [0.717, 1.165) is 39.0 Å². The third kappa shape index (κ3) is 2.42. The topological polar surface area (TPSA) is 59.4 Å². The van der Waals surface area contributed by atoms with Crippen molar-refractivity contribution < 1.29 is 4.79 Å². The molecule has 1 aliphatic carbocycles. The second kappa shape index (κ2) is 5.38. The van der Waals surface area contributed by atoms with Crippen molar-refractivity contribution in [2.45, 2.75) is 44.2 Å². The summed E-state index contributed by atoms with van der Waals surface area (Å²) in [6.45, 7) is 3.43. The van der Waals surface area contributed by atoms with E-state index in [-0.39, 0.29) is 11.9 Å². The molecule has 3 rings (SSSR count). The van der Waals surface area contributed by atoms with Crippen LogP contribution in [0.4, 0.5) is 4.79 Å².